The predicted octanol–water partition coefficient (Wildman–Crippen LogP) is 4.64. The number of nitrogen functional groups attached to an aromatic ring is 1. The quantitative estimate of drug-likeness (QED) is 0.464. The van der Waals surface area contributed by atoms with Crippen molar-refractivity contribution in [3.05, 3.63) is 46.5 Å². The van der Waals surface area contributed by atoms with E-state index in [1.54, 1.807) is 0 Å². The summed E-state index contributed by atoms with van der Waals surface area (Å²) >= 11 is 0. The molecule has 0 bridgehead atoms. The molecule has 0 radical (unpaired) electrons. The summed E-state index contributed by atoms with van der Waals surface area (Å²) in [5.41, 5.74) is 10.2. The summed E-state index contributed by atoms with van der Waals surface area (Å²) in [7, 11) is -1.84. The van der Waals surface area contributed by atoms with Crippen molar-refractivity contribution in [1.82, 2.24) is 4.72 Å². The Balaban J connectivity index is 2.38. The van der Waals surface area contributed by atoms with Gasteiger partial charge in [0, 0.05) is 17.8 Å². The number of methoxy groups -OCH3 is 2. The molecule has 0 aromatic heterocycles. The van der Waals surface area contributed by atoms with Crippen LogP contribution in [0.4, 0.5) is 5.69 Å². The lowest BCUT2D eigenvalue weighted by molar-refractivity contribution is -0.118. The van der Waals surface area contributed by atoms with Gasteiger partial charge in [0.05, 0.1) is 20.6 Å². The fraction of sp³-hybridized carbons (Fsp3) is 0.480. The van der Waals surface area contributed by atoms with E-state index in [1.165, 1.54) is 31.9 Å². The Bertz CT molecular complexity index is 1090. The SMILES string of the molecule is COc1cc(N)cc(OC)c1OS(=O)(=O)NC(=O)Cc1c(C(C)C)cc(C(C)C)cc1C(C)C. The molecule has 0 aliphatic heterocycles. The molecule has 0 aliphatic rings. The van der Waals surface area contributed by atoms with Gasteiger partial charge in [0.2, 0.25) is 11.7 Å². The number of hydrogen-bond acceptors (Lipinski definition) is 7. The van der Waals surface area contributed by atoms with E-state index >= 15 is 0 Å². The van der Waals surface area contributed by atoms with Crippen LogP contribution in [0, 0.1) is 0 Å². The minimum Gasteiger partial charge on any atom is -0.493 e. The van der Waals surface area contributed by atoms with Gasteiger partial charge in [0.1, 0.15) is 0 Å². The van der Waals surface area contributed by atoms with E-state index in [4.69, 9.17) is 19.4 Å². The predicted molar refractivity (Wildman–Crippen MR) is 134 cm³/mol. The fourth-order valence-corrected chi connectivity index (χ4v) is 4.53. The Morgan fingerprint density at radius 1 is 0.882 bits per heavy atom. The molecule has 0 spiro atoms. The molecule has 1 amide bonds. The number of carbonyl (C=O) groups excluding carboxylic acids is 1. The summed E-state index contributed by atoms with van der Waals surface area (Å²) in [6.45, 7) is 12.5. The van der Waals surface area contributed by atoms with Crippen molar-refractivity contribution in [2.45, 2.75) is 65.7 Å². The second-order valence-corrected chi connectivity index (χ2v) is 10.4. The first-order valence-electron chi connectivity index (χ1n) is 11.2. The second-order valence-electron chi connectivity index (χ2n) is 9.14. The molecule has 0 heterocycles. The molecule has 2 rings (SSSR count). The van der Waals surface area contributed by atoms with Crippen LogP contribution in [-0.4, -0.2) is 28.5 Å². The largest absolute Gasteiger partial charge is 0.493 e. The van der Waals surface area contributed by atoms with Gasteiger partial charge in [0.25, 0.3) is 0 Å². The number of amides is 1. The van der Waals surface area contributed by atoms with Gasteiger partial charge in [-0.25, -0.2) is 4.72 Å². The molecule has 0 unspecified atom stereocenters. The number of carbonyl (C=O) groups is 1. The van der Waals surface area contributed by atoms with E-state index in [-0.39, 0.29) is 35.5 Å². The Morgan fingerprint density at radius 2 is 1.35 bits per heavy atom. The molecule has 3 N–H and O–H groups in total. The molecule has 0 saturated carbocycles. The van der Waals surface area contributed by atoms with Crippen LogP contribution in [-0.2, 0) is 21.5 Å². The highest BCUT2D eigenvalue weighted by atomic mass is 32.2. The third-order valence-electron chi connectivity index (χ3n) is 5.50. The Labute approximate surface area is 203 Å². The first-order valence-corrected chi connectivity index (χ1v) is 12.6. The normalized spacial score (nSPS) is 11.7. The van der Waals surface area contributed by atoms with E-state index in [0.29, 0.717) is 11.6 Å². The van der Waals surface area contributed by atoms with Crippen molar-refractivity contribution >= 4 is 21.9 Å². The highest BCUT2D eigenvalue weighted by Crippen LogP contribution is 2.40. The Kier molecular flexibility index (Phi) is 8.83. The van der Waals surface area contributed by atoms with Crippen molar-refractivity contribution < 1.29 is 26.9 Å². The van der Waals surface area contributed by atoms with Gasteiger partial charge in [-0.2, -0.15) is 8.42 Å². The molecule has 34 heavy (non-hydrogen) atoms. The smallest absolute Gasteiger partial charge is 0.409 e. The average Bonchev–Trinajstić information content (AvgIpc) is 2.73. The van der Waals surface area contributed by atoms with Crippen molar-refractivity contribution in [1.29, 1.82) is 0 Å². The minimum absolute atomic E-state index is 0.0585. The topological polar surface area (TPSA) is 117 Å². The van der Waals surface area contributed by atoms with E-state index in [2.05, 4.69) is 53.7 Å². The molecule has 0 aliphatic carbocycles. The van der Waals surface area contributed by atoms with Crippen LogP contribution < -0.4 is 24.1 Å². The highest BCUT2D eigenvalue weighted by Gasteiger charge is 2.25. The summed E-state index contributed by atoms with van der Waals surface area (Å²) in [4.78, 5) is 12.9. The zero-order valence-corrected chi connectivity index (χ0v) is 22.0. The first-order chi connectivity index (χ1) is 15.8. The summed E-state index contributed by atoms with van der Waals surface area (Å²) in [6, 6.07) is 7.02. The average molecular weight is 493 g/mol. The number of hydrogen-bond donors (Lipinski definition) is 2. The summed E-state index contributed by atoms with van der Waals surface area (Å²) in [5.74, 6) is -0.130. The number of ether oxygens (including phenoxy) is 2. The van der Waals surface area contributed by atoms with E-state index < -0.39 is 16.2 Å². The van der Waals surface area contributed by atoms with Gasteiger partial charge in [-0.15, -0.1) is 0 Å². The second kappa shape index (κ2) is 11.0. The molecule has 188 valence electrons. The first kappa shape index (κ1) is 27.3. The maximum Gasteiger partial charge on any atom is 0.409 e. The Morgan fingerprint density at radius 3 is 1.74 bits per heavy atom. The van der Waals surface area contributed by atoms with Gasteiger partial charge in [0.15, 0.2) is 11.5 Å². The molecule has 0 atom stereocenters. The lowest BCUT2D eigenvalue weighted by Crippen LogP contribution is -2.35. The van der Waals surface area contributed by atoms with Crippen LogP contribution in [0.25, 0.3) is 0 Å². The maximum atomic E-state index is 12.9. The number of benzene rings is 2. The van der Waals surface area contributed by atoms with Crippen LogP contribution in [0.3, 0.4) is 0 Å². The summed E-state index contributed by atoms with van der Waals surface area (Å²) in [6.07, 6.45) is -0.0992. The molecule has 0 fully saturated rings. The van der Waals surface area contributed by atoms with Crippen molar-refractivity contribution in [3.63, 3.8) is 0 Å². The van der Waals surface area contributed by atoms with Gasteiger partial charge in [-0.3, -0.25) is 4.79 Å². The Hall–Kier alpha value is -2.94. The lowest BCUT2D eigenvalue weighted by atomic mass is 9.83. The van der Waals surface area contributed by atoms with Crippen molar-refractivity contribution in [2.75, 3.05) is 20.0 Å². The third-order valence-corrected chi connectivity index (χ3v) is 6.37. The molecule has 8 nitrogen and oxygen atoms in total. The number of anilines is 1. The molecular weight excluding hydrogens is 456 g/mol. The number of nitrogens with two attached hydrogens (primary N) is 1. The molecule has 2 aromatic carbocycles. The van der Waals surface area contributed by atoms with E-state index in [0.717, 1.165) is 16.7 Å². The maximum absolute atomic E-state index is 12.9. The van der Waals surface area contributed by atoms with Gasteiger partial charge >= 0.3 is 10.3 Å². The zero-order chi connectivity index (χ0) is 25.8. The van der Waals surface area contributed by atoms with Crippen LogP contribution >= 0.6 is 0 Å². The van der Waals surface area contributed by atoms with Crippen LogP contribution in [0.2, 0.25) is 0 Å². The van der Waals surface area contributed by atoms with Crippen molar-refractivity contribution in [3.8, 4) is 17.2 Å². The van der Waals surface area contributed by atoms with Gasteiger partial charge < -0.3 is 19.4 Å². The minimum atomic E-state index is -4.52. The monoisotopic (exact) mass is 492 g/mol. The zero-order valence-electron chi connectivity index (χ0n) is 21.2. The summed E-state index contributed by atoms with van der Waals surface area (Å²) in [5, 5.41) is 0. The lowest BCUT2D eigenvalue weighted by Gasteiger charge is -2.22. The molecule has 2 aromatic rings. The van der Waals surface area contributed by atoms with E-state index in [9.17, 15) is 13.2 Å². The fourth-order valence-electron chi connectivity index (χ4n) is 3.76. The third kappa shape index (κ3) is 6.56. The molecular formula is C25H36N2O6S. The van der Waals surface area contributed by atoms with Crippen LogP contribution in [0.1, 0.15) is 81.5 Å². The number of nitrogens with one attached hydrogen (secondary N) is 1. The number of rotatable bonds is 10. The molecule has 9 heteroatoms. The van der Waals surface area contributed by atoms with E-state index in [1.807, 2.05) is 4.72 Å². The summed E-state index contributed by atoms with van der Waals surface area (Å²) < 4.78 is 42.9. The molecule has 0 saturated heterocycles. The highest BCUT2D eigenvalue weighted by molar-refractivity contribution is 7.85. The standard InChI is InChI=1S/C25H36N2O6S/c1-14(2)17-9-19(15(3)4)21(20(10-17)16(5)6)13-24(28)27-34(29,30)33-25-22(31-7)11-18(26)12-23(25)32-8/h9-12,14-16H,13,26H2,1-8H3,(H,27,28). The van der Waals surface area contributed by atoms with Crippen molar-refractivity contribution in [2.24, 2.45) is 0 Å². The van der Waals surface area contributed by atoms with Gasteiger partial charge in [-0.05, 0) is 40.0 Å². The van der Waals surface area contributed by atoms with Gasteiger partial charge in [-0.1, -0.05) is 53.7 Å². The van der Waals surface area contributed by atoms with Crippen LogP contribution in [0.5, 0.6) is 17.2 Å². The van der Waals surface area contributed by atoms with Crippen LogP contribution in [0.15, 0.2) is 24.3 Å².